The molecule has 0 saturated heterocycles. The Morgan fingerprint density at radius 2 is 1.76 bits per heavy atom. The van der Waals surface area contributed by atoms with Gasteiger partial charge in [-0.15, -0.1) is 0 Å². The quantitative estimate of drug-likeness (QED) is 0.826. The first-order chi connectivity index (χ1) is 9.74. The lowest BCUT2D eigenvalue weighted by molar-refractivity contribution is -0.142. The molecule has 6 heteroatoms. The normalized spacial score (nSPS) is 14.0. The van der Waals surface area contributed by atoms with E-state index in [4.69, 9.17) is 10.5 Å². The second kappa shape index (κ2) is 7.08. The molecule has 0 spiro atoms. The molecule has 0 aliphatic heterocycles. The molecule has 1 rings (SSSR count). The minimum absolute atomic E-state index is 0.611. The van der Waals surface area contributed by atoms with Crippen molar-refractivity contribution in [3.63, 3.8) is 0 Å². The van der Waals surface area contributed by atoms with Crippen LogP contribution in [0.15, 0.2) is 30.3 Å². The van der Waals surface area contributed by atoms with Gasteiger partial charge in [0.25, 0.3) is 0 Å². The lowest BCUT2D eigenvalue weighted by Crippen LogP contribution is -2.47. The number of amides is 1. The van der Waals surface area contributed by atoms with Gasteiger partial charge >= 0.3 is 12.1 Å². The molecule has 0 saturated carbocycles. The minimum atomic E-state index is -1.02. The van der Waals surface area contributed by atoms with Crippen LogP contribution in [0, 0.1) is 0 Å². The molecule has 1 amide bonds. The Morgan fingerprint density at radius 3 is 2.24 bits per heavy atom. The molecule has 3 N–H and O–H groups in total. The smallest absolute Gasteiger partial charge is 0.408 e. The highest BCUT2D eigenvalue weighted by molar-refractivity contribution is 5.78. The number of hydrogen-bond donors (Lipinski definition) is 2. The van der Waals surface area contributed by atoms with E-state index in [0.717, 1.165) is 0 Å². The molecule has 116 valence electrons. The van der Waals surface area contributed by atoms with E-state index >= 15 is 0 Å². The fourth-order valence-corrected chi connectivity index (χ4v) is 1.75. The molecule has 21 heavy (non-hydrogen) atoms. The van der Waals surface area contributed by atoms with Crippen molar-refractivity contribution >= 4 is 12.1 Å². The average Bonchev–Trinajstić information content (AvgIpc) is 2.42. The van der Waals surface area contributed by atoms with Crippen molar-refractivity contribution in [2.24, 2.45) is 5.73 Å². The number of methoxy groups -OCH3 is 1. The minimum Gasteiger partial charge on any atom is -0.468 e. The van der Waals surface area contributed by atoms with Crippen LogP contribution in [-0.2, 0) is 14.3 Å². The SMILES string of the molecule is COC(=O)[C@@H](N)[C@H](NC(=O)OC(C)(C)C)c1ccccc1. The van der Waals surface area contributed by atoms with Gasteiger partial charge in [0.15, 0.2) is 0 Å². The molecule has 0 aromatic heterocycles. The van der Waals surface area contributed by atoms with Crippen LogP contribution in [0.2, 0.25) is 0 Å². The summed E-state index contributed by atoms with van der Waals surface area (Å²) in [7, 11) is 1.25. The van der Waals surface area contributed by atoms with Crippen molar-refractivity contribution in [3.8, 4) is 0 Å². The van der Waals surface area contributed by atoms with Gasteiger partial charge in [-0.05, 0) is 26.3 Å². The number of nitrogens with two attached hydrogens (primary N) is 1. The van der Waals surface area contributed by atoms with Crippen LogP contribution in [0.4, 0.5) is 4.79 Å². The molecule has 1 aromatic rings. The number of alkyl carbamates (subject to hydrolysis) is 1. The largest absolute Gasteiger partial charge is 0.468 e. The molecule has 0 aliphatic rings. The van der Waals surface area contributed by atoms with Gasteiger partial charge in [0.05, 0.1) is 13.2 Å². The van der Waals surface area contributed by atoms with E-state index in [9.17, 15) is 9.59 Å². The molecule has 0 aliphatic carbocycles. The summed E-state index contributed by atoms with van der Waals surface area (Å²) in [6.07, 6.45) is -0.643. The van der Waals surface area contributed by atoms with Crippen molar-refractivity contribution in [1.29, 1.82) is 0 Å². The van der Waals surface area contributed by atoms with Gasteiger partial charge < -0.3 is 20.5 Å². The van der Waals surface area contributed by atoms with Crippen LogP contribution in [0.1, 0.15) is 32.4 Å². The standard InChI is InChI=1S/C15H22N2O4/c1-15(2,3)21-14(19)17-12(11(16)13(18)20-4)10-8-6-5-7-9-10/h5-9,11-12H,16H2,1-4H3,(H,17,19)/t11-,12+/m0/s1. The molecule has 0 fully saturated rings. The van der Waals surface area contributed by atoms with Crippen molar-refractivity contribution in [2.75, 3.05) is 7.11 Å². The summed E-state index contributed by atoms with van der Waals surface area (Å²) in [5.74, 6) is -0.611. The Morgan fingerprint density at radius 1 is 1.19 bits per heavy atom. The molecular weight excluding hydrogens is 272 g/mol. The van der Waals surface area contributed by atoms with Crippen LogP contribution in [0.5, 0.6) is 0 Å². The highest BCUT2D eigenvalue weighted by Crippen LogP contribution is 2.18. The highest BCUT2D eigenvalue weighted by atomic mass is 16.6. The summed E-state index contributed by atoms with van der Waals surface area (Å²) in [6.45, 7) is 5.26. The van der Waals surface area contributed by atoms with Gasteiger partial charge in [-0.3, -0.25) is 4.79 Å². The van der Waals surface area contributed by atoms with E-state index in [1.807, 2.05) is 6.07 Å². The summed E-state index contributed by atoms with van der Waals surface area (Å²) in [4.78, 5) is 23.6. The predicted octanol–water partition coefficient (Wildman–Crippen LogP) is 1.75. The first-order valence-corrected chi connectivity index (χ1v) is 6.62. The maximum Gasteiger partial charge on any atom is 0.408 e. The predicted molar refractivity (Wildman–Crippen MR) is 78.5 cm³/mol. The van der Waals surface area contributed by atoms with Gasteiger partial charge in [0.1, 0.15) is 11.6 Å². The molecule has 0 unspecified atom stereocenters. The van der Waals surface area contributed by atoms with E-state index in [1.54, 1.807) is 45.0 Å². The number of hydrogen-bond acceptors (Lipinski definition) is 5. The van der Waals surface area contributed by atoms with Gasteiger partial charge in [0, 0.05) is 0 Å². The topological polar surface area (TPSA) is 90.6 Å². The van der Waals surface area contributed by atoms with E-state index in [-0.39, 0.29) is 0 Å². The monoisotopic (exact) mass is 294 g/mol. The molecule has 0 bridgehead atoms. The van der Waals surface area contributed by atoms with Gasteiger partial charge in [-0.1, -0.05) is 30.3 Å². The molecule has 0 heterocycles. The number of esters is 1. The number of carbonyl (C=O) groups is 2. The maximum atomic E-state index is 11.9. The van der Waals surface area contributed by atoms with Crippen LogP contribution >= 0.6 is 0 Å². The van der Waals surface area contributed by atoms with E-state index in [2.05, 4.69) is 10.1 Å². The van der Waals surface area contributed by atoms with Crippen molar-refractivity contribution < 1.29 is 19.1 Å². The number of rotatable bonds is 4. The second-order valence-electron chi connectivity index (χ2n) is 5.58. The third-order valence-corrected chi connectivity index (χ3v) is 2.66. The Kier molecular flexibility index (Phi) is 5.72. The van der Waals surface area contributed by atoms with E-state index < -0.39 is 29.7 Å². The van der Waals surface area contributed by atoms with E-state index in [0.29, 0.717) is 5.56 Å². The Labute approximate surface area is 124 Å². The van der Waals surface area contributed by atoms with Gasteiger partial charge in [-0.2, -0.15) is 0 Å². The first-order valence-electron chi connectivity index (χ1n) is 6.62. The lowest BCUT2D eigenvalue weighted by atomic mass is 10.00. The first kappa shape index (κ1) is 17.0. The molecule has 6 nitrogen and oxygen atoms in total. The third-order valence-electron chi connectivity index (χ3n) is 2.66. The van der Waals surface area contributed by atoms with Crippen LogP contribution in [-0.4, -0.2) is 30.8 Å². The highest BCUT2D eigenvalue weighted by Gasteiger charge is 2.30. The molecule has 1 aromatic carbocycles. The van der Waals surface area contributed by atoms with Crippen LogP contribution in [0.25, 0.3) is 0 Å². The zero-order valence-corrected chi connectivity index (χ0v) is 12.8. The zero-order valence-electron chi connectivity index (χ0n) is 12.8. The zero-order chi connectivity index (χ0) is 16.0. The van der Waals surface area contributed by atoms with Crippen molar-refractivity contribution in [1.82, 2.24) is 5.32 Å². The summed E-state index contributed by atoms with van der Waals surface area (Å²) in [6, 6.07) is 7.21. The summed E-state index contributed by atoms with van der Waals surface area (Å²) in [5.41, 5.74) is 5.93. The number of ether oxygens (including phenoxy) is 2. The Hall–Kier alpha value is -2.08. The lowest BCUT2D eigenvalue weighted by Gasteiger charge is -2.26. The molecule has 0 radical (unpaired) electrons. The van der Waals surface area contributed by atoms with Gasteiger partial charge in [0.2, 0.25) is 0 Å². The molecule has 2 atom stereocenters. The molecular formula is C15H22N2O4. The third kappa shape index (κ3) is 5.43. The summed E-state index contributed by atoms with van der Waals surface area (Å²) < 4.78 is 9.84. The Bertz CT molecular complexity index is 482. The fourth-order valence-electron chi connectivity index (χ4n) is 1.75. The average molecular weight is 294 g/mol. The fraction of sp³-hybridized carbons (Fsp3) is 0.467. The number of benzene rings is 1. The maximum absolute atomic E-state index is 11.9. The van der Waals surface area contributed by atoms with Crippen molar-refractivity contribution in [3.05, 3.63) is 35.9 Å². The summed E-state index contributed by atoms with van der Waals surface area (Å²) >= 11 is 0. The van der Waals surface area contributed by atoms with Crippen LogP contribution < -0.4 is 11.1 Å². The van der Waals surface area contributed by atoms with E-state index in [1.165, 1.54) is 7.11 Å². The summed E-state index contributed by atoms with van der Waals surface area (Å²) in [5, 5.41) is 2.62. The van der Waals surface area contributed by atoms with Crippen LogP contribution in [0.3, 0.4) is 0 Å². The van der Waals surface area contributed by atoms with Crippen molar-refractivity contribution in [2.45, 2.75) is 38.5 Å². The second-order valence-corrected chi connectivity index (χ2v) is 5.58. The number of nitrogens with one attached hydrogen (secondary N) is 1. The van der Waals surface area contributed by atoms with Gasteiger partial charge in [-0.25, -0.2) is 4.79 Å². The Balaban J connectivity index is 2.93. The number of carbonyl (C=O) groups excluding carboxylic acids is 2.